The van der Waals surface area contributed by atoms with Crippen molar-refractivity contribution in [3.05, 3.63) is 85.3 Å². The van der Waals surface area contributed by atoms with Gasteiger partial charge in [0.05, 0.1) is 40.5 Å². The maximum absolute atomic E-state index is 13.9. The third-order valence-electron chi connectivity index (χ3n) is 7.52. The Morgan fingerprint density at radius 3 is 2.76 bits per heavy atom. The van der Waals surface area contributed by atoms with E-state index in [2.05, 4.69) is 47.3 Å². The van der Waals surface area contributed by atoms with Crippen LogP contribution < -0.4 is 10.6 Å². The van der Waals surface area contributed by atoms with Crippen LogP contribution in [0.5, 0.6) is 0 Å². The summed E-state index contributed by atoms with van der Waals surface area (Å²) in [7, 11) is 0. The normalized spacial score (nSPS) is 14.1. The van der Waals surface area contributed by atoms with Gasteiger partial charge in [0.15, 0.2) is 5.82 Å². The van der Waals surface area contributed by atoms with Gasteiger partial charge in [-0.05, 0) is 68.6 Å². The molecule has 41 heavy (non-hydrogen) atoms. The molecule has 1 fully saturated rings. The summed E-state index contributed by atoms with van der Waals surface area (Å²) in [5.74, 6) is 0.905. The molecule has 6 heterocycles. The van der Waals surface area contributed by atoms with Gasteiger partial charge in [-0.25, -0.2) is 9.37 Å². The van der Waals surface area contributed by atoms with Crippen molar-refractivity contribution in [3.8, 4) is 34.0 Å². The molecular formula is C31H28FN9. The number of rotatable bonds is 7. The smallest absolute Gasteiger partial charge is 0.159 e. The number of H-pyrrole nitrogens is 2. The molecule has 0 saturated carbocycles. The Kier molecular flexibility index (Phi) is 6.44. The van der Waals surface area contributed by atoms with Crippen molar-refractivity contribution in [2.45, 2.75) is 19.3 Å². The Hall–Kier alpha value is -4.96. The molecule has 0 aliphatic carbocycles. The molecule has 10 heteroatoms. The molecule has 1 saturated heterocycles. The Morgan fingerprint density at radius 2 is 1.88 bits per heavy atom. The molecule has 204 valence electrons. The highest BCUT2D eigenvalue weighted by Gasteiger charge is 2.18. The maximum Gasteiger partial charge on any atom is 0.159 e. The summed E-state index contributed by atoms with van der Waals surface area (Å²) in [5.41, 5.74) is 7.64. The number of aromatic amines is 2. The summed E-state index contributed by atoms with van der Waals surface area (Å²) in [6.45, 7) is 6.39. The average molecular weight is 546 g/mol. The van der Waals surface area contributed by atoms with Crippen LogP contribution in [-0.4, -0.2) is 48.2 Å². The average Bonchev–Trinajstić information content (AvgIpc) is 3.61. The molecule has 7 rings (SSSR count). The highest BCUT2D eigenvalue weighted by molar-refractivity contribution is 5.96. The number of hydrogen-bond donors (Lipinski definition) is 4. The monoisotopic (exact) mass is 545 g/mol. The summed E-state index contributed by atoms with van der Waals surface area (Å²) in [5, 5.41) is 15.3. The first kappa shape index (κ1) is 25.0. The van der Waals surface area contributed by atoms with E-state index < -0.39 is 0 Å². The lowest BCUT2D eigenvalue weighted by Gasteiger charge is -2.23. The van der Waals surface area contributed by atoms with Crippen LogP contribution in [0.4, 0.5) is 10.1 Å². The zero-order chi connectivity index (χ0) is 27.8. The number of piperidine rings is 1. The van der Waals surface area contributed by atoms with Gasteiger partial charge in [0.1, 0.15) is 17.0 Å². The van der Waals surface area contributed by atoms with Crippen molar-refractivity contribution in [1.29, 1.82) is 0 Å². The Bertz CT molecular complexity index is 1880. The van der Waals surface area contributed by atoms with E-state index >= 15 is 0 Å². The molecule has 0 bridgehead atoms. The predicted molar refractivity (Wildman–Crippen MR) is 158 cm³/mol. The molecule has 4 N–H and O–H groups in total. The van der Waals surface area contributed by atoms with Gasteiger partial charge in [-0.15, -0.1) is 0 Å². The quantitative estimate of drug-likeness (QED) is 0.192. The fraction of sp³-hybridized carbons (Fsp3) is 0.194. The molecular weight excluding hydrogens is 517 g/mol. The lowest BCUT2D eigenvalue weighted by molar-refractivity contribution is 0.373. The number of nitrogens with zero attached hydrogens (tertiary/aromatic N) is 5. The standard InChI is InChI=1S/C31H28FN9/c1-18(11-19-5-8-33-9-6-19)37-23-13-21(15-34-16-23)26-14-24-27(17-36-26)40-41-29(24)31-38-25-7-10-35-28(30(25)39-31)20-3-2-4-22(32)12-20/h2-4,7,10,12-17,19,33,37H,1,5-6,8-9,11H2,(H,38,39)(H,40,41). The number of nitrogens with one attached hydrogen (secondary N) is 4. The molecule has 0 atom stereocenters. The number of hydrogen-bond acceptors (Lipinski definition) is 7. The predicted octanol–water partition coefficient (Wildman–Crippen LogP) is 6.08. The lowest BCUT2D eigenvalue weighted by Crippen LogP contribution is -2.28. The first-order valence-electron chi connectivity index (χ1n) is 13.7. The van der Waals surface area contributed by atoms with Crippen LogP contribution in [0.25, 0.3) is 56.0 Å². The Labute approximate surface area is 235 Å². The minimum absolute atomic E-state index is 0.324. The molecule has 1 aliphatic heterocycles. The van der Waals surface area contributed by atoms with Gasteiger partial charge < -0.3 is 15.6 Å². The molecule has 5 aromatic heterocycles. The van der Waals surface area contributed by atoms with Gasteiger partial charge >= 0.3 is 0 Å². The highest BCUT2D eigenvalue weighted by atomic mass is 19.1. The van der Waals surface area contributed by atoms with E-state index in [1.807, 2.05) is 24.3 Å². The summed E-state index contributed by atoms with van der Waals surface area (Å²) in [6.07, 6.45) is 10.3. The van der Waals surface area contributed by atoms with E-state index in [-0.39, 0.29) is 5.82 Å². The van der Waals surface area contributed by atoms with Crippen molar-refractivity contribution in [2.75, 3.05) is 18.4 Å². The number of imidazole rings is 1. The van der Waals surface area contributed by atoms with Crippen molar-refractivity contribution in [1.82, 2.24) is 40.4 Å². The van der Waals surface area contributed by atoms with E-state index in [9.17, 15) is 4.39 Å². The third-order valence-corrected chi connectivity index (χ3v) is 7.52. The number of halogens is 1. The first-order valence-corrected chi connectivity index (χ1v) is 13.7. The molecule has 1 aromatic carbocycles. The SMILES string of the molecule is C=C(CC1CCNCC1)Nc1cncc(-c2cc3c(-c4nc5c(-c6cccc(F)c6)nccc5[nH]4)n[nH]c3cn2)c1. The summed E-state index contributed by atoms with van der Waals surface area (Å²) in [6, 6.07) is 12.2. The van der Waals surface area contributed by atoms with E-state index in [0.717, 1.165) is 58.6 Å². The van der Waals surface area contributed by atoms with Crippen molar-refractivity contribution < 1.29 is 4.39 Å². The second kappa shape index (κ2) is 10.5. The van der Waals surface area contributed by atoms with Crippen molar-refractivity contribution in [2.24, 2.45) is 5.92 Å². The van der Waals surface area contributed by atoms with E-state index in [1.165, 1.54) is 25.0 Å². The molecule has 0 spiro atoms. The Balaban J connectivity index is 1.19. The molecule has 0 radical (unpaired) electrons. The van der Waals surface area contributed by atoms with E-state index in [0.29, 0.717) is 34.2 Å². The zero-order valence-electron chi connectivity index (χ0n) is 22.3. The molecule has 6 aromatic rings. The van der Waals surface area contributed by atoms with Gasteiger partial charge in [0.2, 0.25) is 0 Å². The molecule has 0 amide bonds. The molecule has 0 unspecified atom stereocenters. The fourth-order valence-corrected chi connectivity index (χ4v) is 5.49. The van der Waals surface area contributed by atoms with Crippen LogP contribution in [0.1, 0.15) is 19.3 Å². The van der Waals surface area contributed by atoms with Gasteiger partial charge in [-0.3, -0.25) is 20.1 Å². The molecule has 9 nitrogen and oxygen atoms in total. The second-order valence-corrected chi connectivity index (χ2v) is 10.4. The summed E-state index contributed by atoms with van der Waals surface area (Å²) in [4.78, 5) is 21.8. The molecule has 1 aliphatic rings. The Morgan fingerprint density at radius 1 is 0.976 bits per heavy atom. The minimum atomic E-state index is -0.324. The fourth-order valence-electron chi connectivity index (χ4n) is 5.49. The van der Waals surface area contributed by atoms with Gasteiger partial charge in [0, 0.05) is 34.6 Å². The van der Waals surface area contributed by atoms with Crippen LogP contribution in [0, 0.1) is 11.7 Å². The van der Waals surface area contributed by atoms with Crippen LogP contribution in [0.15, 0.2) is 79.5 Å². The summed E-state index contributed by atoms with van der Waals surface area (Å²) < 4.78 is 13.9. The topological polar surface area (TPSA) is 120 Å². The van der Waals surface area contributed by atoms with Gasteiger partial charge in [-0.1, -0.05) is 18.7 Å². The van der Waals surface area contributed by atoms with E-state index in [4.69, 9.17) is 4.98 Å². The summed E-state index contributed by atoms with van der Waals surface area (Å²) >= 11 is 0. The van der Waals surface area contributed by atoms with Gasteiger partial charge in [-0.2, -0.15) is 5.10 Å². The van der Waals surface area contributed by atoms with Crippen LogP contribution >= 0.6 is 0 Å². The number of anilines is 1. The number of benzene rings is 1. The number of aromatic nitrogens is 7. The van der Waals surface area contributed by atoms with Crippen molar-refractivity contribution >= 4 is 27.6 Å². The number of pyridine rings is 3. The van der Waals surface area contributed by atoms with Crippen LogP contribution in [0.3, 0.4) is 0 Å². The number of fused-ring (bicyclic) bond motifs is 2. The van der Waals surface area contributed by atoms with Crippen LogP contribution in [0.2, 0.25) is 0 Å². The first-order chi connectivity index (χ1) is 20.1. The van der Waals surface area contributed by atoms with E-state index in [1.54, 1.807) is 30.9 Å². The van der Waals surface area contributed by atoms with Crippen LogP contribution in [-0.2, 0) is 0 Å². The van der Waals surface area contributed by atoms with Gasteiger partial charge in [0.25, 0.3) is 0 Å². The largest absolute Gasteiger partial charge is 0.358 e. The highest BCUT2D eigenvalue weighted by Crippen LogP contribution is 2.32. The lowest BCUT2D eigenvalue weighted by atomic mass is 9.93. The zero-order valence-corrected chi connectivity index (χ0v) is 22.3. The maximum atomic E-state index is 13.9. The number of allylic oxidation sites excluding steroid dienone is 1. The minimum Gasteiger partial charge on any atom is -0.358 e. The van der Waals surface area contributed by atoms with Crippen molar-refractivity contribution in [3.63, 3.8) is 0 Å². The third kappa shape index (κ3) is 5.05. The second-order valence-electron chi connectivity index (χ2n) is 10.4.